The van der Waals surface area contributed by atoms with Gasteiger partial charge in [0.25, 0.3) is 0 Å². The van der Waals surface area contributed by atoms with E-state index in [1.54, 1.807) is 0 Å². The third-order valence-corrected chi connectivity index (χ3v) is 3.17. The van der Waals surface area contributed by atoms with Crippen molar-refractivity contribution in [2.75, 3.05) is 20.1 Å². The summed E-state index contributed by atoms with van der Waals surface area (Å²) in [5, 5.41) is 4.69. The lowest BCUT2D eigenvalue weighted by Crippen LogP contribution is -2.45. The van der Waals surface area contributed by atoms with Gasteiger partial charge < -0.3 is 5.32 Å². The summed E-state index contributed by atoms with van der Waals surface area (Å²) in [5.41, 5.74) is 0.268. The van der Waals surface area contributed by atoms with Crippen LogP contribution in [0.25, 0.3) is 0 Å². The SMILES string of the molecule is CNC(=O)NC(=O)CN1CCCC1CC(C)(C)C. The van der Waals surface area contributed by atoms with Gasteiger partial charge in [-0.15, -0.1) is 0 Å². The van der Waals surface area contributed by atoms with E-state index in [9.17, 15) is 9.59 Å². The van der Waals surface area contributed by atoms with Gasteiger partial charge in [-0.05, 0) is 31.2 Å². The first kappa shape index (κ1) is 15.0. The first-order valence-corrected chi connectivity index (χ1v) is 6.57. The van der Waals surface area contributed by atoms with Gasteiger partial charge in [0, 0.05) is 13.1 Å². The molecule has 1 aliphatic heterocycles. The second-order valence-electron chi connectivity index (χ2n) is 6.16. The van der Waals surface area contributed by atoms with Gasteiger partial charge in [0.2, 0.25) is 5.91 Å². The Morgan fingerprint density at radius 2 is 2.00 bits per heavy atom. The molecule has 1 saturated heterocycles. The number of imide groups is 1. The summed E-state index contributed by atoms with van der Waals surface area (Å²) in [4.78, 5) is 24.9. The van der Waals surface area contributed by atoms with Gasteiger partial charge in [-0.3, -0.25) is 15.0 Å². The van der Waals surface area contributed by atoms with E-state index in [-0.39, 0.29) is 11.3 Å². The molecule has 2 N–H and O–H groups in total. The van der Waals surface area contributed by atoms with Crippen molar-refractivity contribution in [1.29, 1.82) is 0 Å². The molecule has 0 aromatic heterocycles. The van der Waals surface area contributed by atoms with Crippen molar-refractivity contribution >= 4 is 11.9 Å². The maximum Gasteiger partial charge on any atom is 0.321 e. The van der Waals surface area contributed by atoms with Crippen LogP contribution in [0.1, 0.15) is 40.0 Å². The Balaban J connectivity index is 2.45. The van der Waals surface area contributed by atoms with Crippen LogP contribution < -0.4 is 10.6 Å². The minimum atomic E-state index is -0.438. The van der Waals surface area contributed by atoms with Crippen LogP contribution in [0.4, 0.5) is 4.79 Å². The maximum absolute atomic E-state index is 11.7. The summed E-state index contributed by atoms with van der Waals surface area (Å²) in [6, 6.07) is 0.0204. The van der Waals surface area contributed by atoms with E-state index in [4.69, 9.17) is 0 Å². The Bertz CT molecular complexity index is 310. The zero-order chi connectivity index (χ0) is 13.8. The largest absolute Gasteiger partial charge is 0.341 e. The minimum Gasteiger partial charge on any atom is -0.341 e. The standard InChI is InChI=1S/C13H25N3O2/c1-13(2,3)8-10-6-5-7-16(10)9-11(17)15-12(18)14-4/h10H,5-9H2,1-4H3,(H2,14,15,17,18). The number of carbonyl (C=O) groups excluding carboxylic acids is 2. The Morgan fingerprint density at radius 1 is 1.33 bits per heavy atom. The smallest absolute Gasteiger partial charge is 0.321 e. The molecule has 3 amide bonds. The number of urea groups is 1. The Hall–Kier alpha value is -1.10. The molecular formula is C13H25N3O2. The van der Waals surface area contributed by atoms with Crippen LogP contribution in [-0.4, -0.2) is 43.0 Å². The summed E-state index contributed by atoms with van der Waals surface area (Å²) in [6.45, 7) is 7.91. The van der Waals surface area contributed by atoms with Crippen molar-refractivity contribution in [3.05, 3.63) is 0 Å². The third-order valence-electron chi connectivity index (χ3n) is 3.17. The lowest BCUT2D eigenvalue weighted by molar-refractivity contribution is -0.121. The number of nitrogens with zero attached hydrogens (tertiary/aromatic N) is 1. The average Bonchev–Trinajstić information content (AvgIpc) is 2.62. The molecule has 1 fully saturated rings. The molecule has 0 bridgehead atoms. The molecule has 1 heterocycles. The normalized spacial score (nSPS) is 20.8. The third kappa shape index (κ3) is 5.04. The number of amides is 3. The molecule has 5 nitrogen and oxygen atoms in total. The minimum absolute atomic E-state index is 0.227. The van der Waals surface area contributed by atoms with E-state index >= 15 is 0 Å². The highest BCUT2D eigenvalue weighted by molar-refractivity contribution is 5.95. The van der Waals surface area contributed by atoms with E-state index in [1.165, 1.54) is 7.05 Å². The second-order valence-corrected chi connectivity index (χ2v) is 6.16. The number of nitrogens with one attached hydrogen (secondary N) is 2. The van der Waals surface area contributed by atoms with E-state index in [2.05, 4.69) is 36.3 Å². The molecule has 0 aromatic rings. The number of likely N-dealkylation sites (tertiary alicyclic amines) is 1. The lowest BCUT2D eigenvalue weighted by atomic mass is 9.87. The number of rotatable bonds is 3. The van der Waals surface area contributed by atoms with Crippen LogP contribution in [0.15, 0.2) is 0 Å². The summed E-state index contributed by atoms with van der Waals surface area (Å²) in [6.07, 6.45) is 3.36. The molecule has 1 atom stereocenters. The van der Waals surface area contributed by atoms with Crippen LogP contribution in [0, 0.1) is 5.41 Å². The van der Waals surface area contributed by atoms with Gasteiger partial charge in [0.1, 0.15) is 0 Å². The van der Waals surface area contributed by atoms with Crippen molar-refractivity contribution in [3.8, 4) is 0 Å². The topological polar surface area (TPSA) is 61.4 Å². The molecule has 1 unspecified atom stereocenters. The van der Waals surface area contributed by atoms with E-state index in [1.807, 2.05) is 0 Å². The molecule has 0 spiro atoms. The lowest BCUT2D eigenvalue weighted by Gasteiger charge is -2.29. The highest BCUT2D eigenvalue weighted by Crippen LogP contribution is 2.29. The molecule has 0 aliphatic carbocycles. The first-order valence-electron chi connectivity index (χ1n) is 6.57. The number of hydrogen-bond donors (Lipinski definition) is 2. The van der Waals surface area contributed by atoms with Crippen molar-refractivity contribution in [1.82, 2.24) is 15.5 Å². The summed E-state index contributed by atoms with van der Waals surface area (Å²) in [5.74, 6) is -0.227. The molecular weight excluding hydrogens is 230 g/mol. The molecule has 1 aliphatic rings. The second kappa shape index (κ2) is 6.18. The van der Waals surface area contributed by atoms with Crippen molar-refractivity contribution < 1.29 is 9.59 Å². The molecule has 0 saturated carbocycles. The summed E-state index contributed by atoms with van der Waals surface area (Å²) in [7, 11) is 1.50. The van der Waals surface area contributed by atoms with E-state index in [0.717, 1.165) is 25.8 Å². The number of carbonyl (C=O) groups is 2. The van der Waals surface area contributed by atoms with Gasteiger partial charge in [-0.2, -0.15) is 0 Å². The average molecular weight is 255 g/mol. The first-order chi connectivity index (χ1) is 8.31. The molecule has 104 valence electrons. The molecule has 18 heavy (non-hydrogen) atoms. The van der Waals surface area contributed by atoms with Crippen LogP contribution in [-0.2, 0) is 4.79 Å². The van der Waals surface area contributed by atoms with Crippen LogP contribution in [0.2, 0.25) is 0 Å². The van der Waals surface area contributed by atoms with E-state index in [0.29, 0.717) is 12.6 Å². The van der Waals surface area contributed by atoms with Crippen LogP contribution in [0.5, 0.6) is 0 Å². The van der Waals surface area contributed by atoms with Crippen LogP contribution in [0.3, 0.4) is 0 Å². The molecule has 5 heteroatoms. The molecule has 0 radical (unpaired) electrons. The summed E-state index contributed by atoms with van der Waals surface area (Å²) >= 11 is 0. The monoisotopic (exact) mass is 255 g/mol. The predicted molar refractivity (Wildman–Crippen MR) is 71.3 cm³/mol. The van der Waals surface area contributed by atoms with Crippen molar-refractivity contribution in [3.63, 3.8) is 0 Å². The Labute approximate surface area is 109 Å². The number of hydrogen-bond acceptors (Lipinski definition) is 3. The fourth-order valence-corrected chi connectivity index (χ4v) is 2.45. The van der Waals surface area contributed by atoms with Crippen LogP contribution >= 0.6 is 0 Å². The molecule has 0 aromatic carbocycles. The van der Waals surface area contributed by atoms with Gasteiger partial charge in [0.15, 0.2) is 0 Å². The van der Waals surface area contributed by atoms with Crippen molar-refractivity contribution in [2.24, 2.45) is 5.41 Å². The fraction of sp³-hybridized carbons (Fsp3) is 0.846. The van der Waals surface area contributed by atoms with E-state index < -0.39 is 6.03 Å². The van der Waals surface area contributed by atoms with Gasteiger partial charge in [-0.25, -0.2) is 4.79 Å². The highest BCUT2D eigenvalue weighted by atomic mass is 16.2. The Morgan fingerprint density at radius 3 is 2.56 bits per heavy atom. The summed E-state index contributed by atoms with van der Waals surface area (Å²) < 4.78 is 0. The van der Waals surface area contributed by atoms with Gasteiger partial charge in [0.05, 0.1) is 6.54 Å². The quantitative estimate of drug-likeness (QED) is 0.800. The zero-order valence-electron chi connectivity index (χ0n) is 11.9. The zero-order valence-corrected chi connectivity index (χ0v) is 11.9. The highest BCUT2D eigenvalue weighted by Gasteiger charge is 2.29. The fourth-order valence-electron chi connectivity index (χ4n) is 2.45. The molecule has 1 rings (SSSR count). The van der Waals surface area contributed by atoms with Gasteiger partial charge >= 0.3 is 6.03 Å². The maximum atomic E-state index is 11.7. The van der Waals surface area contributed by atoms with Gasteiger partial charge in [-0.1, -0.05) is 20.8 Å². The Kier molecular flexibility index (Phi) is 5.14. The van der Waals surface area contributed by atoms with Crippen molar-refractivity contribution in [2.45, 2.75) is 46.1 Å². The predicted octanol–water partition coefficient (Wildman–Crippen LogP) is 1.34.